The van der Waals surface area contributed by atoms with Crippen LogP contribution in [0.2, 0.25) is 0 Å². The Balaban J connectivity index is 1.66. The van der Waals surface area contributed by atoms with Crippen molar-refractivity contribution < 1.29 is 55.2 Å². The number of pyridine rings is 1. The molecule has 0 radical (unpaired) electrons. The highest BCUT2D eigenvalue weighted by Gasteiger charge is 2.33. The van der Waals surface area contributed by atoms with Gasteiger partial charge in [-0.2, -0.15) is 17.9 Å². The monoisotopic (exact) mass is 755 g/mol. The van der Waals surface area contributed by atoms with Gasteiger partial charge >= 0.3 is 12.1 Å². The van der Waals surface area contributed by atoms with Gasteiger partial charge in [-0.15, -0.1) is 0 Å². The van der Waals surface area contributed by atoms with Crippen molar-refractivity contribution in [1.82, 2.24) is 9.71 Å². The van der Waals surface area contributed by atoms with E-state index in [0.717, 1.165) is 29.9 Å². The fourth-order valence-corrected chi connectivity index (χ4v) is 5.81. The van der Waals surface area contributed by atoms with E-state index in [1.807, 2.05) is 23.8 Å². The molecule has 0 fully saturated rings. The Hall–Kier alpha value is -4.33. The number of hydrogen-bond donors (Lipinski definition) is 5. The van der Waals surface area contributed by atoms with Crippen LogP contribution in [0.1, 0.15) is 29.5 Å². The average molecular weight is 756 g/mol. The number of nitrogens with one attached hydrogen (secondary N) is 3. The lowest BCUT2D eigenvalue weighted by Crippen LogP contribution is -2.42. The van der Waals surface area contributed by atoms with Gasteiger partial charge in [0.15, 0.2) is 0 Å². The Bertz CT molecular complexity index is 1700. The molecule has 3 aromatic rings. The van der Waals surface area contributed by atoms with Gasteiger partial charge in [0, 0.05) is 19.3 Å². The smallest absolute Gasteiger partial charge is 0.416 e. The summed E-state index contributed by atoms with van der Waals surface area (Å²) in [6, 6.07) is 9.44. The highest BCUT2D eigenvalue weighted by Crippen LogP contribution is 2.31. The van der Waals surface area contributed by atoms with E-state index in [2.05, 4.69) is 15.6 Å². The van der Waals surface area contributed by atoms with Crippen molar-refractivity contribution in [3.05, 3.63) is 77.5 Å². The first kappa shape index (κ1) is 42.1. The third-order valence-corrected chi connectivity index (χ3v) is 8.58. The van der Waals surface area contributed by atoms with Crippen molar-refractivity contribution in [2.45, 2.75) is 43.3 Å². The van der Waals surface area contributed by atoms with Crippen molar-refractivity contribution in [3.8, 4) is 5.75 Å². The van der Waals surface area contributed by atoms with Crippen LogP contribution in [0.3, 0.4) is 0 Å². The maximum Gasteiger partial charge on any atom is 0.416 e. The Morgan fingerprint density at radius 2 is 1.67 bits per heavy atom. The molecule has 0 bridgehead atoms. The number of rotatable bonds is 24. The van der Waals surface area contributed by atoms with Gasteiger partial charge < -0.3 is 40.4 Å². The molecule has 2 aromatic carbocycles. The van der Waals surface area contributed by atoms with Crippen molar-refractivity contribution in [1.29, 1.82) is 0 Å². The zero-order chi connectivity index (χ0) is 38.0. The largest absolute Gasteiger partial charge is 0.491 e. The zero-order valence-corrected chi connectivity index (χ0v) is 29.4. The van der Waals surface area contributed by atoms with Crippen LogP contribution < -0.4 is 25.8 Å². The summed E-state index contributed by atoms with van der Waals surface area (Å²) >= 11 is 0. The molecule has 3 rings (SSSR count). The molecule has 6 N–H and O–H groups in total. The topological polar surface area (TPSA) is 200 Å². The van der Waals surface area contributed by atoms with Crippen LogP contribution in [0, 0.1) is 6.92 Å². The molecule has 52 heavy (non-hydrogen) atoms. The fourth-order valence-electron chi connectivity index (χ4n) is 4.57. The Labute approximate surface area is 300 Å². The van der Waals surface area contributed by atoms with Gasteiger partial charge in [0.1, 0.15) is 24.2 Å². The second kappa shape index (κ2) is 21.3. The van der Waals surface area contributed by atoms with Crippen molar-refractivity contribution in [3.63, 3.8) is 0 Å². The summed E-state index contributed by atoms with van der Waals surface area (Å²) in [5.74, 6) is -1.10. The summed E-state index contributed by atoms with van der Waals surface area (Å²) in [5.41, 5.74) is 5.67. The summed E-state index contributed by atoms with van der Waals surface area (Å²) in [5, 5.41) is 15.7. The molecule has 0 aliphatic heterocycles. The van der Waals surface area contributed by atoms with E-state index in [1.54, 1.807) is 6.20 Å². The number of nitrogens with two attached hydrogens (primary N) is 1. The van der Waals surface area contributed by atoms with Gasteiger partial charge in [-0.1, -0.05) is 12.1 Å². The van der Waals surface area contributed by atoms with E-state index in [9.17, 15) is 36.3 Å². The highest BCUT2D eigenvalue weighted by molar-refractivity contribution is 7.89. The maximum absolute atomic E-state index is 13.2. The number of carboxylic acid groups (broad SMARTS) is 1. The highest BCUT2D eigenvalue weighted by atomic mass is 32.2. The van der Waals surface area contributed by atoms with Crippen LogP contribution in [0.15, 0.2) is 65.7 Å². The normalized spacial score (nSPS) is 12.3. The number of hydrogen-bond acceptors (Lipinski definition) is 11. The number of unbranched alkanes of at least 4 members (excludes halogenated alkanes) is 1. The third-order valence-electron chi connectivity index (χ3n) is 7.11. The van der Waals surface area contributed by atoms with Crippen LogP contribution in [0.5, 0.6) is 5.75 Å². The van der Waals surface area contributed by atoms with Crippen LogP contribution >= 0.6 is 0 Å². The minimum Gasteiger partial charge on any atom is -0.491 e. The number of carboxylic acids is 1. The van der Waals surface area contributed by atoms with Gasteiger partial charge in [-0.05, 0) is 79.8 Å². The number of benzene rings is 2. The lowest BCUT2D eigenvalue weighted by Gasteiger charge is -2.18. The van der Waals surface area contributed by atoms with Gasteiger partial charge in [-0.25, -0.2) is 13.4 Å². The molecule has 1 heterocycles. The van der Waals surface area contributed by atoms with Crippen LogP contribution in [-0.4, -0.2) is 95.8 Å². The van der Waals surface area contributed by atoms with Crippen molar-refractivity contribution in [2.24, 2.45) is 5.73 Å². The minimum atomic E-state index is -4.81. The molecule has 14 nitrogen and oxygen atoms in total. The van der Waals surface area contributed by atoms with Crippen molar-refractivity contribution >= 4 is 33.4 Å². The number of anilines is 2. The molecule has 1 amide bonds. The maximum atomic E-state index is 13.2. The summed E-state index contributed by atoms with van der Waals surface area (Å²) in [6.45, 7) is 4.37. The number of halogens is 3. The Morgan fingerprint density at radius 1 is 0.942 bits per heavy atom. The van der Waals surface area contributed by atoms with Gasteiger partial charge in [0.2, 0.25) is 15.9 Å². The number of sulfonamides is 1. The molecular weight excluding hydrogens is 711 g/mol. The number of alkyl halides is 3. The van der Waals surface area contributed by atoms with Crippen LogP contribution in [0.4, 0.5) is 24.7 Å². The Kier molecular flexibility index (Phi) is 17.2. The standard InChI is InChI=1S/C34H44F3N5O9S/c1-24-9-12-40-31(19-24)39-11-2-3-13-51-30-8-7-25(20-28(30)41-32(43)23-50-18-17-49-16-15-48-14-10-38)21-29(33(44)45)42-52(46,47)27-6-4-5-26(22-27)34(35,36)37/h4-9,12,19-20,22,29,42H,2-3,10-11,13-18,21,23,38H2,1H3,(H,39,40)(H,41,43)(H,44,45)/t29-/m0/s1. The molecule has 0 saturated carbocycles. The Morgan fingerprint density at radius 3 is 2.37 bits per heavy atom. The lowest BCUT2D eigenvalue weighted by atomic mass is 10.1. The molecule has 0 unspecified atom stereocenters. The molecule has 286 valence electrons. The van der Waals surface area contributed by atoms with E-state index >= 15 is 0 Å². The fraction of sp³-hybridized carbons (Fsp3) is 0.441. The van der Waals surface area contributed by atoms with E-state index in [1.165, 1.54) is 18.2 Å². The van der Waals surface area contributed by atoms with E-state index in [-0.39, 0.29) is 43.4 Å². The van der Waals surface area contributed by atoms with E-state index < -0.39 is 51.0 Å². The number of aryl methyl sites for hydroxylation is 1. The molecule has 1 atom stereocenters. The zero-order valence-electron chi connectivity index (χ0n) is 28.6. The van der Waals surface area contributed by atoms with Crippen LogP contribution in [-0.2, 0) is 46.4 Å². The molecule has 0 aliphatic rings. The van der Waals surface area contributed by atoms with Gasteiger partial charge in [0.25, 0.3) is 0 Å². The third kappa shape index (κ3) is 15.1. The number of carbonyl (C=O) groups excluding carboxylic acids is 1. The number of nitrogens with zero attached hydrogens (tertiary/aromatic N) is 1. The number of carbonyl (C=O) groups is 2. The molecule has 1 aromatic heterocycles. The predicted molar refractivity (Wildman–Crippen MR) is 186 cm³/mol. The molecule has 0 saturated heterocycles. The number of aliphatic carboxylic acids is 1. The predicted octanol–water partition coefficient (Wildman–Crippen LogP) is 3.60. The second-order valence-corrected chi connectivity index (χ2v) is 13.1. The first-order chi connectivity index (χ1) is 24.8. The van der Waals surface area contributed by atoms with Gasteiger partial charge in [-0.3, -0.25) is 9.59 Å². The lowest BCUT2D eigenvalue weighted by molar-refractivity contribution is -0.139. The second-order valence-electron chi connectivity index (χ2n) is 11.4. The first-order valence-electron chi connectivity index (χ1n) is 16.4. The molecule has 0 aliphatic carbocycles. The first-order valence-corrected chi connectivity index (χ1v) is 17.8. The molecular formula is C34H44F3N5O9S. The number of ether oxygens (including phenoxy) is 4. The summed E-state index contributed by atoms with van der Waals surface area (Å²) in [6.07, 6.45) is -2.15. The van der Waals surface area contributed by atoms with Crippen molar-refractivity contribution in [2.75, 3.05) is 70.0 Å². The summed E-state index contributed by atoms with van der Waals surface area (Å²) in [4.78, 5) is 28.4. The molecule has 0 spiro atoms. The summed E-state index contributed by atoms with van der Waals surface area (Å²) < 4.78 is 89.3. The SMILES string of the molecule is Cc1ccnc(NCCCCOc2ccc(C[C@H](NS(=O)(=O)c3cccc(C(F)(F)F)c3)C(=O)O)cc2NC(=O)COCCOCCOCCN)c1. The van der Waals surface area contributed by atoms with E-state index in [4.69, 9.17) is 24.7 Å². The number of amides is 1. The quantitative estimate of drug-likeness (QED) is 0.0834. The average Bonchev–Trinajstić information content (AvgIpc) is 3.09. The minimum absolute atomic E-state index is 0.117. The van der Waals surface area contributed by atoms with Gasteiger partial charge in [0.05, 0.1) is 55.8 Å². The number of aromatic nitrogens is 1. The van der Waals surface area contributed by atoms with E-state index in [0.29, 0.717) is 51.5 Å². The molecule has 18 heteroatoms. The van der Waals surface area contributed by atoms with Crippen LogP contribution in [0.25, 0.3) is 0 Å². The summed E-state index contributed by atoms with van der Waals surface area (Å²) in [7, 11) is -4.68.